The van der Waals surface area contributed by atoms with Crippen molar-refractivity contribution in [3.05, 3.63) is 0 Å². The lowest BCUT2D eigenvalue weighted by molar-refractivity contribution is -0.0134. The van der Waals surface area contributed by atoms with Crippen LogP contribution in [-0.4, -0.2) is 61.9 Å². The van der Waals surface area contributed by atoms with Crippen molar-refractivity contribution in [3.8, 4) is 0 Å². The molecule has 0 aliphatic carbocycles. The van der Waals surface area contributed by atoms with Crippen LogP contribution in [0.25, 0.3) is 0 Å². The van der Waals surface area contributed by atoms with E-state index in [0.717, 1.165) is 19.6 Å². The van der Waals surface area contributed by atoms with E-state index in [1.807, 2.05) is 0 Å². The molecule has 3 aliphatic heterocycles. The number of rotatable bonds is 3. The molecule has 6 heteroatoms. The van der Waals surface area contributed by atoms with E-state index >= 15 is 0 Å². The zero-order chi connectivity index (χ0) is 13.1. The number of hydrogen-bond donors (Lipinski definition) is 1. The van der Waals surface area contributed by atoms with Crippen LogP contribution in [-0.2, 0) is 9.57 Å². The van der Waals surface area contributed by atoms with Gasteiger partial charge in [-0.05, 0) is 25.9 Å². The molecule has 3 rings (SSSR count). The molecular formula is C13H22FN3O2. The number of nitrogens with zero attached hydrogens (tertiary/aromatic N) is 2. The molecule has 0 amide bonds. The van der Waals surface area contributed by atoms with Gasteiger partial charge in [0, 0.05) is 19.5 Å². The highest BCUT2D eigenvalue weighted by molar-refractivity contribution is 5.82. The first-order valence-corrected chi connectivity index (χ1v) is 7.27. The summed E-state index contributed by atoms with van der Waals surface area (Å²) in [7, 11) is 0. The number of oxime groups is 1. The summed E-state index contributed by atoms with van der Waals surface area (Å²) in [4.78, 5) is 7.67. The minimum absolute atomic E-state index is 0.0195. The Hall–Kier alpha value is -0.880. The van der Waals surface area contributed by atoms with Crippen LogP contribution in [0.1, 0.15) is 25.7 Å². The van der Waals surface area contributed by atoms with Crippen molar-refractivity contribution < 1.29 is 14.0 Å². The number of alkyl halides is 1. The molecule has 0 saturated carbocycles. The van der Waals surface area contributed by atoms with Gasteiger partial charge in [0.2, 0.25) is 5.90 Å². The summed E-state index contributed by atoms with van der Waals surface area (Å²) >= 11 is 0. The summed E-state index contributed by atoms with van der Waals surface area (Å²) in [5, 5.41) is 7.01. The van der Waals surface area contributed by atoms with Crippen LogP contribution >= 0.6 is 0 Å². The van der Waals surface area contributed by atoms with E-state index in [-0.39, 0.29) is 12.1 Å². The summed E-state index contributed by atoms with van der Waals surface area (Å²) in [6.07, 6.45) is 3.50. The Balaban J connectivity index is 1.50. The second-order valence-corrected chi connectivity index (χ2v) is 5.62. The number of nitrogens with one attached hydrogen (secondary N) is 1. The minimum Gasteiger partial charge on any atom is -0.469 e. The van der Waals surface area contributed by atoms with Gasteiger partial charge in [0.15, 0.2) is 6.61 Å². The highest BCUT2D eigenvalue weighted by Gasteiger charge is 2.33. The summed E-state index contributed by atoms with van der Waals surface area (Å²) in [6.45, 7) is 4.03. The predicted molar refractivity (Wildman–Crippen MR) is 69.9 cm³/mol. The second kappa shape index (κ2) is 6.05. The van der Waals surface area contributed by atoms with Gasteiger partial charge in [0.25, 0.3) is 0 Å². The first-order chi connectivity index (χ1) is 9.31. The van der Waals surface area contributed by atoms with Crippen molar-refractivity contribution in [3.63, 3.8) is 0 Å². The Morgan fingerprint density at radius 2 is 2.16 bits per heavy atom. The largest absolute Gasteiger partial charge is 0.469 e. The number of hydrogen-bond acceptors (Lipinski definition) is 5. The molecule has 108 valence electrons. The Morgan fingerprint density at radius 1 is 1.32 bits per heavy atom. The van der Waals surface area contributed by atoms with Gasteiger partial charge in [-0.3, -0.25) is 4.90 Å². The Kier molecular flexibility index (Phi) is 4.18. The molecule has 0 aromatic heterocycles. The molecule has 0 bridgehead atoms. The van der Waals surface area contributed by atoms with Crippen molar-refractivity contribution >= 4 is 5.90 Å². The number of likely N-dealkylation sites (tertiary alicyclic amines) is 1. The molecule has 3 heterocycles. The van der Waals surface area contributed by atoms with Gasteiger partial charge >= 0.3 is 0 Å². The van der Waals surface area contributed by atoms with Gasteiger partial charge in [0.1, 0.15) is 12.3 Å². The van der Waals surface area contributed by atoms with E-state index in [0.29, 0.717) is 25.5 Å². The molecular weight excluding hydrogens is 249 g/mol. The maximum atomic E-state index is 13.2. The molecule has 0 aromatic rings. The van der Waals surface area contributed by atoms with Crippen LogP contribution in [0, 0.1) is 0 Å². The maximum absolute atomic E-state index is 13.2. The molecule has 3 aliphatic rings. The van der Waals surface area contributed by atoms with Crippen LogP contribution in [0.2, 0.25) is 0 Å². The van der Waals surface area contributed by atoms with Gasteiger partial charge in [0.05, 0.1) is 6.04 Å². The van der Waals surface area contributed by atoms with Gasteiger partial charge in [-0.2, -0.15) is 0 Å². The maximum Gasteiger partial charge on any atom is 0.243 e. The molecule has 0 aromatic carbocycles. The molecule has 2 fully saturated rings. The molecule has 3 atom stereocenters. The fraction of sp³-hybridized carbons (Fsp3) is 0.923. The number of piperidine rings is 1. The third-order valence-electron chi connectivity index (χ3n) is 3.99. The van der Waals surface area contributed by atoms with Gasteiger partial charge < -0.3 is 14.9 Å². The van der Waals surface area contributed by atoms with Crippen molar-refractivity contribution in [2.45, 2.75) is 44.0 Å². The minimum atomic E-state index is -0.807. The average Bonchev–Trinajstić information content (AvgIpc) is 2.87. The Morgan fingerprint density at radius 3 is 2.89 bits per heavy atom. The van der Waals surface area contributed by atoms with E-state index in [1.165, 1.54) is 19.3 Å². The number of ether oxygens (including phenoxy) is 1. The molecule has 1 N–H and O–H groups in total. The lowest BCUT2D eigenvalue weighted by Crippen LogP contribution is -2.45. The van der Waals surface area contributed by atoms with Crippen molar-refractivity contribution in [1.29, 1.82) is 0 Å². The van der Waals surface area contributed by atoms with E-state index in [4.69, 9.17) is 9.57 Å². The fourth-order valence-corrected chi connectivity index (χ4v) is 2.96. The summed E-state index contributed by atoms with van der Waals surface area (Å²) in [6, 6.07) is -0.126. The topological polar surface area (TPSA) is 46.1 Å². The molecule has 0 radical (unpaired) electrons. The monoisotopic (exact) mass is 271 g/mol. The quantitative estimate of drug-likeness (QED) is 0.828. The van der Waals surface area contributed by atoms with Crippen LogP contribution in [0.4, 0.5) is 4.39 Å². The first-order valence-electron chi connectivity index (χ1n) is 7.27. The molecule has 0 spiro atoms. The summed E-state index contributed by atoms with van der Waals surface area (Å²) < 4.78 is 19.1. The standard InChI is InChI=1S/C13H22FN3O2/c14-10-6-12(15-7-10)13-16-18-9-11(19-13)8-17-4-2-1-3-5-17/h10-12,15H,1-9H2/t10-,11?,12+/m1/s1. The van der Waals surface area contributed by atoms with Crippen LogP contribution < -0.4 is 5.32 Å². The van der Waals surface area contributed by atoms with Crippen LogP contribution in [0.15, 0.2) is 5.16 Å². The van der Waals surface area contributed by atoms with Crippen LogP contribution in [0.3, 0.4) is 0 Å². The second-order valence-electron chi connectivity index (χ2n) is 5.62. The van der Waals surface area contributed by atoms with Crippen molar-refractivity contribution in [2.75, 3.05) is 32.8 Å². The van der Waals surface area contributed by atoms with E-state index in [9.17, 15) is 4.39 Å². The Bertz CT molecular complexity index is 334. The highest BCUT2D eigenvalue weighted by Crippen LogP contribution is 2.17. The van der Waals surface area contributed by atoms with Crippen molar-refractivity contribution in [1.82, 2.24) is 10.2 Å². The zero-order valence-corrected chi connectivity index (χ0v) is 11.2. The molecule has 2 saturated heterocycles. The lowest BCUT2D eigenvalue weighted by Gasteiger charge is -2.32. The fourth-order valence-electron chi connectivity index (χ4n) is 2.96. The van der Waals surface area contributed by atoms with E-state index < -0.39 is 6.17 Å². The summed E-state index contributed by atoms with van der Waals surface area (Å²) in [5.74, 6) is 0.522. The predicted octanol–water partition coefficient (Wildman–Crippen LogP) is 0.901. The van der Waals surface area contributed by atoms with Crippen LogP contribution in [0.5, 0.6) is 0 Å². The third-order valence-corrected chi connectivity index (χ3v) is 3.99. The zero-order valence-electron chi connectivity index (χ0n) is 11.2. The van der Waals surface area contributed by atoms with E-state index in [1.54, 1.807) is 0 Å². The lowest BCUT2D eigenvalue weighted by atomic mass is 10.1. The molecule has 5 nitrogen and oxygen atoms in total. The molecule has 1 unspecified atom stereocenters. The first kappa shape index (κ1) is 13.1. The Labute approximate surface area is 113 Å². The van der Waals surface area contributed by atoms with E-state index in [2.05, 4.69) is 15.4 Å². The smallest absolute Gasteiger partial charge is 0.243 e. The summed E-state index contributed by atoms with van der Waals surface area (Å²) in [5.41, 5.74) is 0. The normalized spacial score (nSPS) is 36.5. The third kappa shape index (κ3) is 3.36. The van der Waals surface area contributed by atoms with Crippen molar-refractivity contribution in [2.24, 2.45) is 5.16 Å². The van der Waals surface area contributed by atoms with Gasteiger partial charge in [-0.25, -0.2) is 4.39 Å². The number of halogens is 1. The SMILES string of the molecule is F[C@H]1CN[C@H](C2=NOCC(CN3CCCCC3)O2)C1. The molecule has 19 heavy (non-hydrogen) atoms. The van der Waals surface area contributed by atoms with Gasteiger partial charge in [-0.1, -0.05) is 11.6 Å². The average molecular weight is 271 g/mol. The highest BCUT2D eigenvalue weighted by atomic mass is 19.1. The van der Waals surface area contributed by atoms with Gasteiger partial charge in [-0.15, -0.1) is 0 Å².